The van der Waals surface area contributed by atoms with Crippen LogP contribution in [0.1, 0.15) is 12.0 Å². The Morgan fingerprint density at radius 3 is 2.30 bits per heavy atom. The summed E-state index contributed by atoms with van der Waals surface area (Å²) < 4.78 is 57.9. The first-order valence-electron chi connectivity index (χ1n) is 13.8. The van der Waals surface area contributed by atoms with E-state index in [2.05, 4.69) is 25.7 Å². The lowest BCUT2D eigenvalue weighted by Crippen LogP contribution is -2.53. The van der Waals surface area contributed by atoms with E-state index in [0.29, 0.717) is 48.0 Å². The Labute approximate surface area is 271 Å². The number of rotatable bonds is 7. The van der Waals surface area contributed by atoms with Crippen molar-refractivity contribution in [3.05, 3.63) is 71.5 Å². The van der Waals surface area contributed by atoms with Crippen LogP contribution in [0, 0.1) is 0 Å². The van der Waals surface area contributed by atoms with Crippen molar-refractivity contribution in [3.8, 4) is 5.69 Å². The summed E-state index contributed by atoms with van der Waals surface area (Å²) in [5.41, 5.74) is 1.88. The van der Waals surface area contributed by atoms with Crippen LogP contribution in [0.5, 0.6) is 0 Å². The molecule has 3 heterocycles. The molecule has 0 aliphatic carbocycles. The van der Waals surface area contributed by atoms with E-state index in [4.69, 9.17) is 26.6 Å². The summed E-state index contributed by atoms with van der Waals surface area (Å²) in [5, 5.41) is 27.0. The standard InChI is InChI=1S/C25H28ClN9O4S.C2HF3O2/c26-19-7-8-22(35-17-28-30-31-35)18(14-19)6-9-24(36)34-16-21(32-10-12-33(13-11-32)40(27,38)39)15-23(34)25(37)29-20-4-2-1-3-5-20;3-2(4,5)1(6)7/h1-9,14,17,21,23H,10-13,15-16H2,(H,29,37)(H2,27,38,39);(H,6,7)/b9-6+;/t21-,23-;/m0./s1. The number of hydrogen-bond donors (Lipinski definition) is 3. The predicted octanol–water partition coefficient (Wildman–Crippen LogP) is 1.39. The zero-order valence-corrected chi connectivity index (χ0v) is 25.9. The van der Waals surface area contributed by atoms with Gasteiger partial charge >= 0.3 is 12.1 Å². The van der Waals surface area contributed by atoms with E-state index in [-0.39, 0.29) is 30.9 Å². The summed E-state index contributed by atoms with van der Waals surface area (Å²) in [6, 6.07) is 13.3. The number of benzene rings is 2. The number of carboxylic acids is 1. The van der Waals surface area contributed by atoms with E-state index in [1.165, 1.54) is 21.4 Å². The number of carbonyl (C=O) groups is 3. The van der Waals surface area contributed by atoms with Gasteiger partial charge in [-0.15, -0.1) is 5.10 Å². The van der Waals surface area contributed by atoms with Gasteiger partial charge in [0.1, 0.15) is 12.4 Å². The molecule has 0 radical (unpaired) electrons. The number of para-hydroxylation sites is 1. The number of amides is 2. The number of halogens is 4. The molecular formula is C27H29ClF3N9O6S. The minimum atomic E-state index is -5.08. The Balaban J connectivity index is 0.000000644. The van der Waals surface area contributed by atoms with Crippen LogP contribution in [0.2, 0.25) is 5.02 Å². The quantitative estimate of drug-likeness (QED) is 0.303. The van der Waals surface area contributed by atoms with Gasteiger partial charge in [-0.05, 0) is 53.3 Å². The molecule has 5 rings (SSSR count). The van der Waals surface area contributed by atoms with Crippen molar-refractivity contribution in [2.24, 2.45) is 5.14 Å². The number of tetrazole rings is 1. The first-order chi connectivity index (χ1) is 22.1. The molecule has 2 aromatic carbocycles. The number of hydrogen-bond acceptors (Lipinski definition) is 9. The van der Waals surface area contributed by atoms with Gasteiger partial charge in [0.05, 0.1) is 5.69 Å². The third kappa shape index (κ3) is 9.55. The zero-order valence-electron chi connectivity index (χ0n) is 24.4. The minimum Gasteiger partial charge on any atom is -0.475 e. The van der Waals surface area contributed by atoms with E-state index in [9.17, 15) is 31.2 Å². The Hall–Kier alpha value is -4.43. The molecule has 0 unspecified atom stereocenters. The van der Waals surface area contributed by atoms with E-state index in [1.54, 1.807) is 41.3 Å². The highest BCUT2D eigenvalue weighted by atomic mass is 35.5. The van der Waals surface area contributed by atoms with Crippen LogP contribution >= 0.6 is 11.6 Å². The summed E-state index contributed by atoms with van der Waals surface area (Å²) >= 11 is 6.21. The smallest absolute Gasteiger partial charge is 0.475 e. The number of alkyl halides is 3. The summed E-state index contributed by atoms with van der Waals surface area (Å²) in [5.74, 6) is -3.40. The van der Waals surface area contributed by atoms with Gasteiger partial charge in [0.2, 0.25) is 11.8 Å². The Morgan fingerprint density at radius 2 is 1.72 bits per heavy atom. The fourth-order valence-electron chi connectivity index (χ4n) is 5.04. The number of aromatic nitrogens is 4. The number of anilines is 1. The maximum atomic E-state index is 13.5. The molecule has 47 heavy (non-hydrogen) atoms. The van der Waals surface area contributed by atoms with Crippen molar-refractivity contribution < 1.29 is 41.1 Å². The average Bonchev–Trinajstić information content (AvgIpc) is 3.71. The monoisotopic (exact) mass is 699 g/mol. The second-order valence-electron chi connectivity index (χ2n) is 10.3. The molecule has 0 saturated carbocycles. The number of piperazine rings is 1. The molecular weight excluding hydrogens is 671 g/mol. The lowest BCUT2D eigenvalue weighted by Gasteiger charge is -2.36. The molecule has 2 aliphatic heterocycles. The molecule has 0 spiro atoms. The summed E-state index contributed by atoms with van der Waals surface area (Å²) in [4.78, 5) is 39.5. The van der Waals surface area contributed by atoms with Gasteiger partial charge in [-0.2, -0.15) is 30.6 Å². The molecule has 15 nitrogen and oxygen atoms in total. The Morgan fingerprint density at radius 1 is 1.06 bits per heavy atom. The number of likely N-dealkylation sites (tertiary alicyclic amines) is 1. The first-order valence-corrected chi connectivity index (χ1v) is 15.7. The topological polar surface area (TPSA) is 197 Å². The van der Waals surface area contributed by atoms with Gasteiger partial charge in [-0.25, -0.2) is 9.93 Å². The van der Waals surface area contributed by atoms with E-state index in [0.717, 1.165) is 0 Å². The lowest BCUT2D eigenvalue weighted by molar-refractivity contribution is -0.192. The second kappa shape index (κ2) is 15.0. The Kier molecular flexibility index (Phi) is 11.3. The molecule has 3 aromatic rings. The molecule has 2 atom stereocenters. The zero-order chi connectivity index (χ0) is 34.4. The molecule has 2 aliphatic rings. The van der Waals surface area contributed by atoms with Crippen LogP contribution in [-0.4, -0.2) is 117 Å². The Bertz CT molecular complexity index is 1700. The van der Waals surface area contributed by atoms with Gasteiger partial charge in [0, 0.05) is 61.1 Å². The number of carboxylic acid groups (broad SMARTS) is 1. The van der Waals surface area contributed by atoms with E-state index < -0.39 is 28.4 Å². The summed E-state index contributed by atoms with van der Waals surface area (Å²) in [7, 11) is -3.77. The molecule has 1 aromatic heterocycles. The molecule has 2 saturated heterocycles. The third-order valence-corrected chi connectivity index (χ3v) is 8.61. The number of nitrogens with zero attached hydrogens (tertiary/aromatic N) is 7. The fraction of sp³-hybridized carbons (Fsp3) is 0.333. The second-order valence-corrected chi connectivity index (χ2v) is 12.3. The lowest BCUT2D eigenvalue weighted by atomic mass is 10.1. The van der Waals surface area contributed by atoms with E-state index in [1.807, 2.05) is 18.2 Å². The van der Waals surface area contributed by atoms with Crippen LogP contribution in [-0.2, 0) is 24.6 Å². The highest BCUT2D eigenvalue weighted by Gasteiger charge is 2.42. The van der Waals surface area contributed by atoms with Crippen LogP contribution < -0.4 is 10.5 Å². The van der Waals surface area contributed by atoms with Gasteiger partial charge < -0.3 is 15.3 Å². The van der Waals surface area contributed by atoms with Crippen molar-refractivity contribution in [3.63, 3.8) is 0 Å². The van der Waals surface area contributed by atoms with Crippen molar-refractivity contribution >= 4 is 51.4 Å². The van der Waals surface area contributed by atoms with Crippen LogP contribution in [0.4, 0.5) is 18.9 Å². The number of aliphatic carboxylic acids is 1. The maximum absolute atomic E-state index is 13.5. The summed E-state index contributed by atoms with van der Waals surface area (Å²) in [6.45, 7) is 1.70. The number of nitrogens with one attached hydrogen (secondary N) is 1. The highest BCUT2D eigenvalue weighted by Crippen LogP contribution is 2.26. The molecule has 2 amide bonds. The van der Waals surface area contributed by atoms with Crippen LogP contribution in [0.15, 0.2) is 60.9 Å². The van der Waals surface area contributed by atoms with Crippen molar-refractivity contribution in [2.75, 3.05) is 38.0 Å². The fourth-order valence-corrected chi connectivity index (χ4v) is 5.89. The molecule has 20 heteroatoms. The van der Waals surface area contributed by atoms with Crippen molar-refractivity contribution in [1.82, 2.24) is 34.3 Å². The van der Waals surface area contributed by atoms with Crippen LogP contribution in [0.3, 0.4) is 0 Å². The number of nitrogens with two attached hydrogens (primary N) is 1. The van der Waals surface area contributed by atoms with Crippen LogP contribution in [0.25, 0.3) is 11.8 Å². The normalized spacial score (nSPS) is 19.3. The molecule has 2 fully saturated rings. The first kappa shape index (κ1) is 35.4. The van der Waals surface area contributed by atoms with Gasteiger partial charge in [0.25, 0.3) is 10.2 Å². The molecule has 4 N–H and O–H groups in total. The third-order valence-electron chi connectivity index (χ3n) is 7.29. The molecule has 252 valence electrons. The van der Waals surface area contributed by atoms with Gasteiger partial charge in [-0.3, -0.25) is 14.5 Å². The average molecular weight is 700 g/mol. The van der Waals surface area contributed by atoms with Gasteiger partial charge in [-0.1, -0.05) is 29.8 Å². The van der Waals surface area contributed by atoms with Crippen molar-refractivity contribution in [2.45, 2.75) is 24.7 Å². The molecule has 0 bridgehead atoms. The van der Waals surface area contributed by atoms with Crippen molar-refractivity contribution in [1.29, 1.82) is 0 Å². The largest absolute Gasteiger partial charge is 0.490 e. The predicted molar refractivity (Wildman–Crippen MR) is 162 cm³/mol. The SMILES string of the molecule is NS(=O)(=O)N1CCN([C@H]2C[C@@H](C(=O)Nc3ccccc3)N(C(=O)/C=C/c3cc(Cl)ccc3-n3cnnn3)C2)CC1.O=C(O)C(F)(F)F. The minimum absolute atomic E-state index is 0.130. The van der Waals surface area contributed by atoms with Gasteiger partial charge in [0.15, 0.2) is 0 Å². The highest BCUT2D eigenvalue weighted by molar-refractivity contribution is 7.86. The number of carbonyl (C=O) groups excluding carboxylic acids is 2. The maximum Gasteiger partial charge on any atom is 0.490 e. The summed E-state index contributed by atoms with van der Waals surface area (Å²) in [6.07, 6.45) is -0.215. The van der Waals surface area contributed by atoms with E-state index >= 15 is 0 Å².